The molecule has 1 nitrogen and oxygen atoms in total. The smallest absolute Gasteiger partial charge is 0.139 e. The fourth-order valence-corrected chi connectivity index (χ4v) is 2.55. The minimum Gasteiger partial charge on any atom is -0.299 e. The van der Waals surface area contributed by atoms with Gasteiger partial charge in [0.1, 0.15) is 5.78 Å². The Kier molecular flexibility index (Phi) is 1.14. The van der Waals surface area contributed by atoms with Crippen molar-refractivity contribution in [2.45, 2.75) is 26.7 Å². The van der Waals surface area contributed by atoms with Crippen molar-refractivity contribution in [3.05, 3.63) is 12.2 Å². The lowest BCUT2D eigenvalue weighted by Gasteiger charge is -2.42. The van der Waals surface area contributed by atoms with E-state index in [1.165, 1.54) is 5.57 Å². The van der Waals surface area contributed by atoms with Gasteiger partial charge >= 0.3 is 0 Å². The van der Waals surface area contributed by atoms with Crippen molar-refractivity contribution < 1.29 is 4.79 Å². The number of carbonyl (C=O) groups excluding carboxylic acids is 1. The summed E-state index contributed by atoms with van der Waals surface area (Å²) < 4.78 is 0. The molecule has 0 aromatic heterocycles. The second-order valence-corrected chi connectivity index (χ2v) is 4.19. The normalized spacial score (nSPS) is 48.9. The Morgan fingerprint density at radius 2 is 2.18 bits per heavy atom. The summed E-state index contributed by atoms with van der Waals surface area (Å²) in [6, 6.07) is 0. The SMILES string of the molecule is C=C1C[C@@H]2CC(=O)[C@]2(C)C1C. The molecule has 0 N–H and O–H groups in total. The van der Waals surface area contributed by atoms with E-state index in [4.69, 9.17) is 0 Å². The van der Waals surface area contributed by atoms with Crippen LogP contribution in [-0.4, -0.2) is 5.78 Å². The average molecular weight is 150 g/mol. The van der Waals surface area contributed by atoms with Gasteiger partial charge in [0, 0.05) is 11.8 Å². The summed E-state index contributed by atoms with van der Waals surface area (Å²) in [5.41, 5.74) is 1.26. The van der Waals surface area contributed by atoms with E-state index >= 15 is 0 Å². The lowest BCUT2D eigenvalue weighted by Crippen LogP contribution is -2.47. The number of ketones is 1. The maximum absolute atomic E-state index is 11.3. The molecule has 2 aliphatic rings. The van der Waals surface area contributed by atoms with E-state index in [0.717, 1.165) is 12.8 Å². The molecule has 0 bridgehead atoms. The molecule has 0 amide bonds. The Morgan fingerprint density at radius 1 is 1.55 bits per heavy atom. The highest BCUT2D eigenvalue weighted by molar-refractivity contribution is 5.92. The van der Waals surface area contributed by atoms with Crippen LogP contribution in [0.1, 0.15) is 26.7 Å². The molecule has 11 heavy (non-hydrogen) atoms. The van der Waals surface area contributed by atoms with Crippen molar-refractivity contribution in [3.63, 3.8) is 0 Å². The van der Waals surface area contributed by atoms with Crippen LogP contribution in [0.25, 0.3) is 0 Å². The first-order valence-electron chi connectivity index (χ1n) is 4.27. The number of carbonyl (C=O) groups is 1. The van der Waals surface area contributed by atoms with Gasteiger partial charge in [0.15, 0.2) is 0 Å². The second kappa shape index (κ2) is 1.77. The Labute approximate surface area is 67.5 Å². The monoisotopic (exact) mass is 150 g/mol. The predicted molar refractivity (Wildman–Crippen MR) is 44.1 cm³/mol. The predicted octanol–water partition coefficient (Wildman–Crippen LogP) is 2.18. The van der Waals surface area contributed by atoms with Gasteiger partial charge in [0.05, 0.1) is 0 Å². The van der Waals surface area contributed by atoms with E-state index in [1.807, 2.05) is 0 Å². The third kappa shape index (κ3) is 0.597. The van der Waals surface area contributed by atoms with Crippen molar-refractivity contribution in [2.24, 2.45) is 17.3 Å². The molecule has 0 radical (unpaired) electrons. The minimum absolute atomic E-state index is 0.0168. The van der Waals surface area contributed by atoms with Gasteiger partial charge in [-0.2, -0.15) is 0 Å². The maximum atomic E-state index is 11.3. The third-order valence-electron chi connectivity index (χ3n) is 3.90. The molecule has 0 saturated heterocycles. The molecular weight excluding hydrogens is 136 g/mol. The Morgan fingerprint density at radius 3 is 2.55 bits per heavy atom. The topological polar surface area (TPSA) is 17.1 Å². The van der Waals surface area contributed by atoms with Crippen LogP contribution in [0.5, 0.6) is 0 Å². The highest BCUT2D eigenvalue weighted by Crippen LogP contribution is 2.59. The van der Waals surface area contributed by atoms with Crippen LogP contribution in [0.2, 0.25) is 0 Å². The fourth-order valence-electron chi connectivity index (χ4n) is 2.55. The van der Waals surface area contributed by atoms with Gasteiger partial charge < -0.3 is 0 Å². The zero-order valence-electron chi connectivity index (χ0n) is 7.18. The fraction of sp³-hybridized carbons (Fsp3) is 0.700. The molecule has 0 aliphatic heterocycles. The third-order valence-corrected chi connectivity index (χ3v) is 3.90. The molecule has 2 rings (SSSR count). The minimum atomic E-state index is -0.0168. The van der Waals surface area contributed by atoms with Crippen LogP contribution in [0.4, 0.5) is 0 Å². The summed E-state index contributed by atoms with van der Waals surface area (Å²) in [5, 5.41) is 0. The molecule has 0 spiro atoms. The zero-order valence-corrected chi connectivity index (χ0v) is 7.18. The number of hydrogen-bond acceptors (Lipinski definition) is 1. The van der Waals surface area contributed by atoms with Crippen LogP contribution in [-0.2, 0) is 4.79 Å². The molecule has 2 aliphatic carbocycles. The van der Waals surface area contributed by atoms with E-state index < -0.39 is 0 Å². The highest BCUT2D eigenvalue weighted by Gasteiger charge is 2.58. The molecular formula is C10H14O. The maximum Gasteiger partial charge on any atom is 0.139 e. The first kappa shape index (κ1) is 7.08. The van der Waals surface area contributed by atoms with Crippen molar-refractivity contribution in [1.82, 2.24) is 0 Å². The standard InChI is InChI=1S/C10H14O/c1-6-4-8-5-9(11)10(8,3)7(6)2/h7-8H,1,4-5H2,2-3H3/t7?,8-,10-/m1/s1. The summed E-state index contributed by atoms with van der Waals surface area (Å²) in [4.78, 5) is 11.3. The number of hydrogen-bond donors (Lipinski definition) is 0. The molecule has 0 heterocycles. The van der Waals surface area contributed by atoms with E-state index in [1.54, 1.807) is 0 Å². The lowest BCUT2D eigenvalue weighted by atomic mass is 9.59. The molecule has 1 heteroatoms. The number of allylic oxidation sites excluding steroid dienone is 1. The molecule has 60 valence electrons. The quantitative estimate of drug-likeness (QED) is 0.484. The Bertz CT molecular complexity index is 239. The molecule has 1 unspecified atom stereocenters. The van der Waals surface area contributed by atoms with Crippen LogP contribution >= 0.6 is 0 Å². The number of rotatable bonds is 0. The van der Waals surface area contributed by atoms with Crippen LogP contribution in [0, 0.1) is 17.3 Å². The van der Waals surface area contributed by atoms with Crippen molar-refractivity contribution >= 4 is 5.78 Å². The lowest BCUT2D eigenvalue weighted by molar-refractivity contribution is -0.144. The molecule has 2 saturated carbocycles. The van der Waals surface area contributed by atoms with E-state index in [-0.39, 0.29) is 5.41 Å². The van der Waals surface area contributed by atoms with Gasteiger partial charge in [0.2, 0.25) is 0 Å². The average Bonchev–Trinajstić information content (AvgIpc) is 2.14. The summed E-state index contributed by atoms with van der Waals surface area (Å²) in [7, 11) is 0. The number of Topliss-reactive ketones (excluding diaryl/α,β-unsaturated/α-hetero) is 1. The van der Waals surface area contributed by atoms with E-state index in [9.17, 15) is 4.79 Å². The molecule has 0 aromatic carbocycles. The van der Waals surface area contributed by atoms with E-state index in [2.05, 4.69) is 20.4 Å². The highest BCUT2D eigenvalue weighted by atomic mass is 16.1. The van der Waals surface area contributed by atoms with Crippen molar-refractivity contribution in [1.29, 1.82) is 0 Å². The van der Waals surface area contributed by atoms with Gasteiger partial charge in [-0.25, -0.2) is 0 Å². The summed E-state index contributed by atoms with van der Waals surface area (Å²) in [6.45, 7) is 8.25. The summed E-state index contributed by atoms with van der Waals surface area (Å²) >= 11 is 0. The van der Waals surface area contributed by atoms with Crippen LogP contribution < -0.4 is 0 Å². The van der Waals surface area contributed by atoms with Gasteiger partial charge in [-0.15, -0.1) is 0 Å². The Hall–Kier alpha value is -0.590. The largest absolute Gasteiger partial charge is 0.299 e. The van der Waals surface area contributed by atoms with Crippen LogP contribution in [0.3, 0.4) is 0 Å². The Balaban J connectivity index is 2.36. The van der Waals surface area contributed by atoms with Gasteiger partial charge in [0.25, 0.3) is 0 Å². The summed E-state index contributed by atoms with van der Waals surface area (Å²) in [5.74, 6) is 1.50. The molecule has 3 atom stereocenters. The van der Waals surface area contributed by atoms with Crippen LogP contribution in [0.15, 0.2) is 12.2 Å². The van der Waals surface area contributed by atoms with Gasteiger partial charge in [-0.1, -0.05) is 26.0 Å². The number of fused-ring (bicyclic) bond motifs is 1. The summed E-state index contributed by atoms with van der Waals surface area (Å²) in [6.07, 6.45) is 1.89. The first-order chi connectivity index (χ1) is 5.06. The van der Waals surface area contributed by atoms with E-state index in [0.29, 0.717) is 17.6 Å². The van der Waals surface area contributed by atoms with Crippen molar-refractivity contribution in [3.8, 4) is 0 Å². The second-order valence-electron chi connectivity index (χ2n) is 4.19. The zero-order chi connectivity index (χ0) is 8.22. The first-order valence-corrected chi connectivity index (χ1v) is 4.27. The van der Waals surface area contributed by atoms with Gasteiger partial charge in [-0.05, 0) is 18.3 Å². The van der Waals surface area contributed by atoms with Gasteiger partial charge in [-0.3, -0.25) is 4.79 Å². The molecule has 0 aromatic rings. The van der Waals surface area contributed by atoms with Crippen molar-refractivity contribution in [2.75, 3.05) is 0 Å². The molecule has 2 fully saturated rings.